The number of sulfonamides is 1. The SMILES string of the molecule is Cc1nn(Cc2ccc(Cl)cc2Cl)c(C)c1NS(=O)(=O)c1ccc(C(C)C)cc1. The van der Waals surface area contributed by atoms with Gasteiger partial charge in [-0.3, -0.25) is 9.40 Å². The molecule has 0 aliphatic heterocycles. The van der Waals surface area contributed by atoms with Gasteiger partial charge in [-0.05, 0) is 55.2 Å². The molecule has 1 aromatic heterocycles. The fourth-order valence-corrected chi connectivity index (χ4v) is 4.68. The summed E-state index contributed by atoms with van der Waals surface area (Å²) in [6, 6.07) is 12.2. The number of rotatable bonds is 6. The molecule has 5 nitrogen and oxygen atoms in total. The Balaban J connectivity index is 1.87. The van der Waals surface area contributed by atoms with E-state index in [-0.39, 0.29) is 4.90 Å². The summed E-state index contributed by atoms with van der Waals surface area (Å²) in [5.74, 6) is 0.335. The molecule has 0 fully saturated rings. The van der Waals surface area contributed by atoms with Gasteiger partial charge in [0.1, 0.15) is 0 Å². The van der Waals surface area contributed by atoms with Crippen molar-refractivity contribution in [2.24, 2.45) is 0 Å². The van der Waals surface area contributed by atoms with Crippen LogP contribution < -0.4 is 4.72 Å². The quantitative estimate of drug-likeness (QED) is 0.516. The number of anilines is 1. The fourth-order valence-electron chi connectivity index (χ4n) is 3.04. The lowest BCUT2D eigenvalue weighted by atomic mass is 10.0. The Morgan fingerprint density at radius 2 is 1.72 bits per heavy atom. The van der Waals surface area contributed by atoms with Crippen LogP contribution in [-0.4, -0.2) is 18.2 Å². The number of benzene rings is 2. The maximum Gasteiger partial charge on any atom is 0.262 e. The zero-order valence-electron chi connectivity index (χ0n) is 16.7. The largest absolute Gasteiger partial charge is 0.276 e. The second-order valence-corrected chi connectivity index (χ2v) is 9.79. The lowest BCUT2D eigenvalue weighted by molar-refractivity contribution is 0.601. The molecule has 3 aromatic rings. The molecule has 0 atom stereocenters. The minimum absolute atomic E-state index is 0.217. The monoisotopic (exact) mass is 451 g/mol. The summed E-state index contributed by atoms with van der Waals surface area (Å²) in [5, 5.41) is 5.58. The van der Waals surface area contributed by atoms with Gasteiger partial charge in [0.2, 0.25) is 0 Å². The first kappa shape index (κ1) is 21.7. The van der Waals surface area contributed by atoms with Gasteiger partial charge in [0.25, 0.3) is 10.0 Å². The molecule has 0 amide bonds. The molecular weight excluding hydrogens is 429 g/mol. The van der Waals surface area contributed by atoms with Crippen molar-refractivity contribution in [1.82, 2.24) is 9.78 Å². The molecule has 1 heterocycles. The Morgan fingerprint density at radius 1 is 1.07 bits per heavy atom. The van der Waals surface area contributed by atoms with E-state index in [1.54, 1.807) is 35.9 Å². The van der Waals surface area contributed by atoms with E-state index in [4.69, 9.17) is 23.2 Å². The van der Waals surface area contributed by atoms with Crippen molar-refractivity contribution in [2.45, 2.75) is 45.1 Å². The molecule has 1 N–H and O–H groups in total. The molecule has 8 heteroatoms. The van der Waals surface area contributed by atoms with E-state index in [0.29, 0.717) is 39.6 Å². The highest BCUT2D eigenvalue weighted by atomic mass is 35.5. The summed E-state index contributed by atoms with van der Waals surface area (Å²) in [6.07, 6.45) is 0. The Kier molecular flexibility index (Phi) is 6.27. The van der Waals surface area contributed by atoms with Crippen LogP contribution in [0.2, 0.25) is 10.0 Å². The Bertz CT molecular complexity index is 1140. The van der Waals surface area contributed by atoms with Gasteiger partial charge < -0.3 is 0 Å². The van der Waals surface area contributed by atoms with Crippen molar-refractivity contribution >= 4 is 38.9 Å². The van der Waals surface area contributed by atoms with Crippen LogP contribution in [0.3, 0.4) is 0 Å². The number of nitrogens with zero attached hydrogens (tertiary/aromatic N) is 2. The lowest BCUT2D eigenvalue weighted by Crippen LogP contribution is -2.14. The minimum Gasteiger partial charge on any atom is -0.276 e. The number of hydrogen-bond donors (Lipinski definition) is 1. The molecule has 0 radical (unpaired) electrons. The highest BCUT2D eigenvalue weighted by Gasteiger charge is 2.20. The average molecular weight is 452 g/mol. The van der Waals surface area contributed by atoms with Crippen molar-refractivity contribution in [3.05, 3.63) is 75.0 Å². The van der Waals surface area contributed by atoms with Crippen molar-refractivity contribution in [3.8, 4) is 0 Å². The van der Waals surface area contributed by atoms with Crippen LogP contribution in [0.1, 0.15) is 42.3 Å². The number of hydrogen-bond acceptors (Lipinski definition) is 3. The first-order chi connectivity index (χ1) is 13.6. The van der Waals surface area contributed by atoms with E-state index in [0.717, 1.165) is 11.1 Å². The van der Waals surface area contributed by atoms with Gasteiger partial charge in [0, 0.05) is 10.0 Å². The van der Waals surface area contributed by atoms with Crippen LogP contribution >= 0.6 is 23.2 Å². The highest BCUT2D eigenvalue weighted by molar-refractivity contribution is 7.92. The molecule has 2 aromatic carbocycles. The molecular formula is C21H23Cl2N3O2S. The fraction of sp³-hybridized carbons (Fsp3) is 0.286. The van der Waals surface area contributed by atoms with E-state index < -0.39 is 10.0 Å². The van der Waals surface area contributed by atoms with Gasteiger partial charge in [0.05, 0.1) is 28.5 Å². The Morgan fingerprint density at radius 3 is 2.31 bits per heavy atom. The predicted molar refractivity (Wildman–Crippen MR) is 119 cm³/mol. The number of nitrogens with one attached hydrogen (secondary N) is 1. The van der Waals surface area contributed by atoms with Crippen LogP contribution in [-0.2, 0) is 16.6 Å². The van der Waals surface area contributed by atoms with E-state index in [2.05, 4.69) is 23.7 Å². The molecule has 0 aliphatic rings. The van der Waals surface area contributed by atoms with Gasteiger partial charge in [-0.1, -0.05) is 55.2 Å². The summed E-state index contributed by atoms with van der Waals surface area (Å²) >= 11 is 12.2. The third-order valence-electron chi connectivity index (χ3n) is 4.81. The molecule has 0 aliphatic carbocycles. The van der Waals surface area contributed by atoms with Gasteiger partial charge in [-0.25, -0.2) is 8.42 Å². The summed E-state index contributed by atoms with van der Waals surface area (Å²) < 4.78 is 30.1. The van der Waals surface area contributed by atoms with E-state index >= 15 is 0 Å². The molecule has 154 valence electrons. The standard InChI is InChI=1S/C21H23Cl2N3O2S/c1-13(2)16-6-9-19(10-7-16)29(27,28)25-21-14(3)24-26(15(21)4)12-17-5-8-18(22)11-20(17)23/h5-11,13,25H,12H2,1-4H3. The van der Waals surface area contributed by atoms with Crippen LogP contribution in [0.4, 0.5) is 5.69 Å². The molecule has 0 spiro atoms. The molecule has 0 bridgehead atoms. The first-order valence-corrected chi connectivity index (χ1v) is 11.4. The van der Waals surface area contributed by atoms with Crippen molar-refractivity contribution in [2.75, 3.05) is 4.72 Å². The minimum atomic E-state index is -3.72. The molecule has 29 heavy (non-hydrogen) atoms. The van der Waals surface area contributed by atoms with E-state index in [9.17, 15) is 8.42 Å². The number of aromatic nitrogens is 2. The third kappa shape index (κ3) is 4.77. The van der Waals surface area contributed by atoms with Crippen molar-refractivity contribution < 1.29 is 8.42 Å². The predicted octanol–water partition coefficient (Wildman–Crippen LogP) is 5.78. The van der Waals surface area contributed by atoms with Crippen LogP contribution in [0.5, 0.6) is 0 Å². The zero-order valence-corrected chi connectivity index (χ0v) is 19.0. The van der Waals surface area contributed by atoms with Gasteiger partial charge in [-0.2, -0.15) is 5.10 Å². The number of aryl methyl sites for hydroxylation is 1. The summed E-state index contributed by atoms with van der Waals surface area (Å²) in [4.78, 5) is 0.217. The van der Waals surface area contributed by atoms with E-state index in [1.165, 1.54) is 0 Å². The second kappa shape index (κ2) is 8.38. The van der Waals surface area contributed by atoms with Gasteiger partial charge in [-0.15, -0.1) is 0 Å². The maximum atomic E-state index is 12.9. The molecule has 0 saturated heterocycles. The van der Waals surface area contributed by atoms with Crippen LogP contribution in [0, 0.1) is 13.8 Å². The Hall–Kier alpha value is -2.02. The molecule has 3 rings (SSSR count). The summed E-state index contributed by atoms with van der Waals surface area (Å²) in [7, 11) is -3.72. The van der Waals surface area contributed by atoms with Crippen LogP contribution in [0.15, 0.2) is 47.4 Å². The number of halogens is 2. The van der Waals surface area contributed by atoms with E-state index in [1.807, 2.05) is 25.1 Å². The maximum absolute atomic E-state index is 12.9. The van der Waals surface area contributed by atoms with Gasteiger partial charge >= 0.3 is 0 Å². The third-order valence-corrected chi connectivity index (χ3v) is 6.76. The van der Waals surface area contributed by atoms with Crippen LogP contribution in [0.25, 0.3) is 0 Å². The lowest BCUT2D eigenvalue weighted by Gasteiger charge is -2.11. The van der Waals surface area contributed by atoms with Crippen molar-refractivity contribution in [3.63, 3.8) is 0 Å². The van der Waals surface area contributed by atoms with Crippen molar-refractivity contribution in [1.29, 1.82) is 0 Å². The molecule has 0 unspecified atom stereocenters. The zero-order chi connectivity index (χ0) is 21.3. The first-order valence-electron chi connectivity index (χ1n) is 9.19. The molecule has 0 saturated carbocycles. The highest BCUT2D eigenvalue weighted by Crippen LogP contribution is 2.27. The second-order valence-electron chi connectivity index (χ2n) is 7.27. The normalized spacial score (nSPS) is 11.8. The topological polar surface area (TPSA) is 64.0 Å². The Labute approximate surface area is 181 Å². The van der Waals surface area contributed by atoms with Gasteiger partial charge in [0.15, 0.2) is 0 Å². The smallest absolute Gasteiger partial charge is 0.262 e. The average Bonchev–Trinajstić information content (AvgIpc) is 2.91. The summed E-state index contributed by atoms with van der Waals surface area (Å²) in [6.45, 7) is 8.13. The summed E-state index contributed by atoms with van der Waals surface area (Å²) in [5.41, 5.74) is 3.71.